The average molecular weight is 270 g/mol. The van der Waals surface area contributed by atoms with E-state index in [0.717, 1.165) is 35.8 Å². The lowest BCUT2D eigenvalue weighted by atomic mass is 9.96. The summed E-state index contributed by atoms with van der Waals surface area (Å²) in [7, 11) is 1.68. The highest BCUT2D eigenvalue weighted by atomic mass is 35.5. The zero-order chi connectivity index (χ0) is 12.4. The molecule has 1 aromatic rings. The first-order valence-corrected chi connectivity index (χ1v) is 5.83. The highest BCUT2D eigenvalue weighted by Gasteiger charge is 2.19. The predicted molar refractivity (Wildman–Crippen MR) is 76.9 cm³/mol. The van der Waals surface area contributed by atoms with Gasteiger partial charge in [-0.05, 0) is 36.6 Å². The number of methoxy groups -OCH3 is 1. The van der Waals surface area contributed by atoms with Crippen LogP contribution in [0.25, 0.3) is 0 Å². The van der Waals surface area contributed by atoms with Gasteiger partial charge in [-0.15, -0.1) is 12.4 Å². The molecule has 2 rings (SSSR count). The van der Waals surface area contributed by atoms with Crippen molar-refractivity contribution in [1.29, 1.82) is 0 Å². The molecule has 100 valence electrons. The first-order chi connectivity index (χ1) is 8.15. The van der Waals surface area contributed by atoms with Gasteiger partial charge in [-0.25, -0.2) is 0 Å². The second-order valence-electron chi connectivity index (χ2n) is 4.28. The van der Waals surface area contributed by atoms with Crippen molar-refractivity contribution < 1.29 is 4.74 Å². The summed E-state index contributed by atoms with van der Waals surface area (Å²) in [5.74, 6) is 1.79. The van der Waals surface area contributed by atoms with Crippen molar-refractivity contribution in [2.24, 2.45) is 10.7 Å². The fourth-order valence-corrected chi connectivity index (χ4v) is 2.15. The quantitative estimate of drug-likeness (QED) is 0.879. The van der Waals surface area contributed by atoms with Gasteiger partial charge in [0, 0.05) is 6.54 Å². The molecule has 1 aromatic carbocycles. The normalized spacial score (nSPS) is 15.4. The molecule has 1 aliphatic rings. The Morgan fingerprint density at radius 2 is 2.06 bits per heavy atom. The van der Waals surface area contributed by atoms with Crippen LogP contribution in [-0.4, -0.2) is 26.0 Å². The van der Waals surface area contributed by atoms with Crippen LogP contribution in [0.5, 0.6) is 5.75 Å². The topological polar surface area (TPSA) is 59.6 Å². The van der Waals surface area contributed by atoms with Gasteiger partial charge >= 0.3 is 0 Å². The van der Waals surface area contributed by atoms with Crippen LogP contribution in [0.15, 0.2) is 17.1 Å². The largest absolute Gasteiger partial charge is 0.496 e. The molecule has 0 radical (unpaired) electrons. The third-order valence-electron chi connectivity index (χ3n) is 3.33. The van der Waals surface area contributed by atoms with E-state index in [-0.39, 0.29) is 18.4 Å². The van der Waals surface area contributed by atoms with Gasteiger partial charge < -0.3 is 15.8 Å². The summed E-state index contributed by atoms with van der Waals surface area (Å²) < 4.78 is 5.30. The summed E-state index contributed by atoms with van der Waals surface area (Å²) in [6, 6.07) is 3.82. The van der Waals surface area contributed by atoms with Gasteiger partial charge in [-0.3, -0.25) is 4.99 Å². The van der Waals surface area contributed by atoms with E-state index in [4.69, 9.17) is 10.5 Å². The van der Waals surface area contributed by atoms with Gasteiger partial charge in [0.05, 0.1) is 19.7 Å². The zero-order valence-electron chi connectivity index (χ0n) is 11.0. The van der Waals surface area contributed by atoms with Gasteiger partial charge in [-0.2, -0.15) is 0 Å². The maximum absolute atomic E-state index is 6.23. The third-order valence-corrected chi connectivity index (χ3v) is 3.33. The number of amidine groups is 1. The number of benzene rings is 1. The van der Waals surface area contributed by atoms with E-state index in [9.17, 15) is 0 Å². The Morgan fingerprint density at radius 1 is 1.33 bits per heavy atom. The number of rotatable bonds is 3. The Bertz CT molecular complexity index is 460. The fraction of sp³-hybridized carbons (Fsp3) is 0.462. The average Bonchev–Trinajstić information content (AvgIpc) is 2.85. The number of hydrogen-bond acceptors (Lipinski definition) is 4. The van der Waals surface area contributed by atoms with E-state index >= 15 is 0 Å². The Kier molecular flexibility index (Phi) is 4.99. The highest BCUT2D eigenvalue weighted by Crippen LogP contribution is 2.27. The monoisotopic (exact) mass is 269 g/mol. The van der Waals surface area contributed by atoms with Crippen LogP contribution in [0.3, 0.4) is 0 Å². The van der Waals surface area contributed by atoms with Crippen molar-refractivity contribution in [1.82, 2.24) is 5.32 Å². The molecule has 1 heterocycles. The molecule has 1 unspecified atom stereocenters. The number of aliphatic imine (C=N–C) groups is 1. The summed E-state index contributed by atoms with van der Waals surface area (Å²) in [5, 5.41) is 3.22. The molecule has 0 saturated heterocycles. The molecule has 0 amide bonds. The van der Waals surface area contributed by atoms with E-state index in [2.05, 4.69) is 17.2 Å². The summed E-state index contributed by atoms with van der Waals surface area (Å²) in [4.78, 5) is 4.37. The van der Waals surface area contributed by atoms with Crippen LogP contribution in [-0.2, 0) is 0 Å². The highest BCUT2D eigenvalue weighted by molar-refractivity contribution is 5.90. The molecular weight excluding hydrogens is 250 g/mol. The van der Waals surface area contributed by atoms with Crippen molar-refractivity contribution in [2.45, 2.75) is 19.9 Å². The lowest BCUT2D eigenvalue weighted by Gasteiger charge is -2.18. The molecule has 0 saturated carbocycles. The summed E-state index contributed by atoms with van der Waals surface area (Å²) in [6.07, 6.45) is 0. The SMILES string of the molecule is COc1ccc(C(N)C2=NCCN2)c(C)c1C.Cl. The lowest BCUT2D eigenvalue weighted by molar-refractivity contribution is 0.411. The third kappa shape index (κ3) is 2.60. The van der Waals surface area contributed by atoms with Gasteiger partial charge in [-0.1, -0.05) is 6.07 Å². The van der Waals surface area contributed by atoms with Crippen LogP contribution in [0, 0.1) is 13.8 Å². The van der Waals surface area contributed by atoms with Crippen molar-refractivity contribution in [3.63, 3.8) is 0 Å². The van der Waals surface area contributed by atoms with Gasteiger partial charge in [0.1, 0.15) is 11.6 Å². The van der Waals surface area contributed by atoms with Crippen LogP contribution in [0.2, 0.25) is 0 Å². The van der Waals surface area contributed by atoms with Crippen molar-refractivity contribution in [3.8, 4) is 5.75 Å². The summed E-state index contributed by atoms with van der Waals surface area (Å²) >= 11 is 0. The molecule has 0 aromatic heterocycles. The molecular formula is C13H20ClN3O. The van der Waals surface area contributed by atoms with E-state index in [1.807, 2.05) is 19.1 Å². The Morgan fingerprint density at radius 3 is 2.61 bits per heavy atom. The molecule has 0 bridgehead atoms. The van der Waals surface area contributed by atoms with Gasteiger partial charge in [0.2, 0.25) is 0 Å². The van der Waals surface area contributed by atoms with Gasteiger partial charge in [0.15, 0.2) is 0 Å². The molecule has 4 nitrogen and oxygen atoms in total. The number of hydrogen-bond donors (Lipinski definition) is 2. The minimum absolute atomic E-state index is 0. The van der Waals surface area contributed by atoms with Crippen molar-refractivity contribution >= 4 is 18.2 Å². The number of nitrogens with two attached hydrogens (primary N) is 1. The minimum Gasteiger partial charge on any atom is -0.496 e. The maximum atomic E-state index is 6.23. The number of nitrogens with one attached hydrogen (secondary N) is 1. The van der Waals surface area contributed by atoms with Crippen LogP contribution < -0.4 is 15.8 Å². The van der Waals surface area contributed by atoms with E-state index in [1.54, 1.807) is 7.11 Å². The molecule has 1 aliphatic heterocycles. The molecule has 0 aliphatic carbocycles. The standard InChI is InChI=1S/C13H19N3O.ClH/c1-8-9(2)11(17-3)5-4-10(8)12(14)13-15-6-7-16-13;/h4-5,12H,6-7,14H2,1-3H3,(H,15,16);1H. The molecule has 0 fully saturated rings. The number of ether oxygens (including phenoxy) is 1. The van der Waals surface area contributed by atoms with Crippen molar-refractivity contribution in [2.75, 3.05) is 20.2 Å². The molecule has 1 atom stereocenters. The predicted octanol–water partition coefficient (Wildman–Crippen LogP) is 1.74. The number of nitrogens with zero attached hydrogens (tertiary/aromatic N) is 1. The smallest absolute Gasteiger partial charge is 0.122 e. The van der Waals surface area contributed by atoms with Gasteiger partial charge in [0.25, 0.3) is 0 Å². The first kappa shape index (κ1) is 14.8. The second-order valence-corrected chi connectivity index (χ2v) is 4.28. The first-order valence-electron chi connectivity index (χ1n) is 5.83. The van der Waals surface area contributed by atoms with Crippen LogP contribution in [0.1, 0.15) is 22.7 Å². The Hall–Kier alpha value is -1.26. The van der Waals surface area contributed by atoms with Crippen LogP contribution in [0.4, 0.5) is 0 Å². The minimum atomic E-state index is -0.165. The summed E-state index contributed by atoms with van der Waals surface area (Å²) in [6.45, 7) is 5.82. The van der Waals surface area contributed by atoms with Crippen LogP contribution >= 0.6 is 12.4 Å². The van der Waals surface area contributed by atoms with E-state index in [1.165, 1.54) is 5.56 Å². The molecule has 18 heavy (non-hydrogen) atoms. The van der Waals surface area contributed by atoms with E-state index < -0.39 is 0 Å². The lowest BCUT2D eigenvalue weighted by Crippen LogP contribution is -2.31. The summed E-state index contributed by atoms with van der Waals surface area (Å²) in [5.41, 5.74) is 9.65. The maximum Gasteiger partial charge on any atom is 0.122 e. The molecule has 5 heteroatoms. The molecule has 3 N–H and O–H groups in total. The van der Waals surface area contributed by atoms with E-state index in [0.29, 0.717) is 0 Å². The van der Waals surface area contributed by atoms with Crippen molar-refractivity contribution in [3.05, 3.63) is 28.8 Å². The number of halogens is 1. The Labute approximate surface area is 114 Å². The Balaban J connectivity index is 0.00000162. The zero-order valence-corrected chi connectivity index (χ0v) is 11.8. The fourth-order valence-electron chi connectivity index (χ4n) is 2.15. The second kappa shape index (κ2) is 6.07. The molecule has 0 spiro atoms.